The maximum Gasteiger partial charge on any atom is 0.320 e. The first-order chi connectivity index (χ1) is 8.75. The molecular weight excluding hydrogens is 242 g/mol. The van der Waals surface area contributed by atoms with Crippen LogP contribution in [0.3, 0.4) is 0 Å². The number of benzene rings is 1. The molecule has 1 aromatic rings. The molecule has 2 atom stereocenters. The standard InChI is InChI=1S/C15H23NO3/c1-8-6-9(2)11(4)14(10(8)3)13(17)7-16-12(5)15(18)19/h6,12-13,16-17H,7H2,1-5H3,(H,18,19). The normalized spacial score (nSPS) is 14.2. The van der Waals surface area contributed by atoms with E-state index in [9.17, 15) is 9.90 Å². The Balaban J connectivity index is 2.94. The van der Waals surface area contributed by atoms with Crippen molar-refractivity contribution in [1.82, 2.24) is 5.32 Å². The summed E-state index contributed by atoms with van der Waals surface area (Å²) >= 11 is 0. The van der Waals surface area contributed by atoms with Crippen molar-refractivity contribution in [3.8, 4) is 0 Å². The lowest BCUT2D eigenvalue weighted by atomic mass is 9.91. The van der Waals surface area contributed by atoms with Gasteiger partial charge in [0.2, 0.25) is 0 Å². The van der Waals surface area contributed by atoms with E-state index < -0.39 is 18.1 Å². The summed E-state index contributed by atoms with van der Waals surface area (Å²) in [4.78, 5) is 10.7. The molecule has 1 rings (SSSR count). The number of carbonyl (C=O) groups is 1. The lowest BCUT2D eigenvalue weighted by molar-refractivity contribution is -0.139. The Morgan fingerprint density at radius 3 is 2.11 bits per heavy atom. The number of hydrogen-bond acceptors (Lipinski definition) is 3. The lowest BCUT2D eigenvalue weighted by Crippen LogP contribution is -2.36. The van der Waals surface area contributed by atoms with Gasteiger partial charge in [-0.15, -0.1) is 0 Å². The Hall–Kier alpha value is -1.39. The predicted molar refractivity (Wildman–Crippen MR) is 75.5 cm³/mol. The summed E-state index contributed by atoms with van der Waals surface area (Å²) in [5.41, 5.74) is 5.33. The monoisotopic (exact) mass is 265 g/mol. The fraction of sp³-hybridized carbons (Fsp3) is 0.533. The molecule has 0 heterocycles. The second-order valence-electron chi connectivity index (χ2n) is 5.16. The summed E-state index contributed by atoms with van der Waals surface area (Å²) in [5, 5.41) is 21.9. The molecule has 106 valence electrons. The fourth-order valence-corrected chi connectivity index (χ4v) is 2.22. The highest BCUT2D eigenvalue weighted by Gasteiger charge is 2.18. The van der Waals surface area contributed by atoms with E-state index in [4.69, 9.17) is 5.11 Å². The zero-order chi connectivity index (χ0) is 14.7. The van der Waals surface area contributed by atoms with E-state index >= 15 is 0 Å². The Bertz CT molecular complexity index is 457. The number of carboxylic acid groups (broad SMARTS) is 1. The zero-order valence-electron chi connectivity index (χ0n) is 12.2. The summed E-state index contributed by atoms with van der Waals surface area (Å²) in [6.45, 7) is 9.81. The van der Waals surface area contributed by atoms with E-state index in [2.05, 4.69) is 11.4 Å². The van der Waals surface area contributed by atoms with Crippen LogP contribution in [0, 0.1) is 27.7 Å². The largest absolute Gasteiger partial charge is 0.480 e. The highest BCUT2D eigenvalue weighted by molar-refractivity contribution is 5.72. The number of aliphatic hydroxyl groups excluding tert-OH is 1. The number of rotatable bonds is 5. The average molecular weight is 265 g/mol. The summed E-state index contributed by atoms with van der Waals surface area (Å²) in [6, 6.07) is 1.44. The third-order valence-corrected chi connectivity index (χ3v) is 3.75. The number of carboxylic acids is 1. The van der Waals surface area contributed by atoms with Crippen molar-refractivity contribution in [2.75, 3.05) is 6.54 Å². The minimum atomic E-state index is -0.916. The third kappa shape index (κ3) is 3.55. The van der Waals surface area contributed by atoms with Crippen LogP contribution in [0.4, 0.5) is 0 Å². The molecule has 19 heavy (non-hydrogen) atoms. The third-order valence-electron chi connectivity index (χ3n) is 3.75. The molecule has 0 spiro atoms. The van der Waals surface area contributed by atoms with Crippen LogP contribution in [0.2, 0.25) is 0 Å². The van der Waals surface area contributed by atoms with Crippen LogP contribution >= 0.6 is 0 Å². The maximum atomic E-state index is 10.7. The molecule has 2 unspecified atom stereocenters. The molecule has 0 saturated carbocycles. The molecule has 4 nitrogen and oxygen atoms in total. The molecule has 0 bridgehead atoms. The van der Waals surface area contributed by atoms with Gasteiger partial charge in [-0.05, 0) is 62.4 Å². The van der Waals surface area contributed by atoms with Crippen LogP contribution in [0.25, 0.3) is 0 Å². The van der Waals surface area contributed by atoms with Gasteiger partial charge in [0.05, 0.1) is 6.10 Å². The van der Waals surface area contributed by atoms with Crippen LogP contribution in [0.5, 0.6) is 0 Å². The first-order valence-corrected chi connectivity index (χ1v) is 6.47. The van der Waals surface area contributed by atoms with Crippen LogP contribution in [0.15, 0.2) is 6.07 Å². The maximum absolute atomic E-state index is 10.7. The quantitative estimate of drug-likeness (QED) is 0.762. The van der Waals surface area contributed by atoms with Gasteiger partial charge >= 0.3 is 5.97 Å². The highest BCUT2D eigenvalue weighted by Crippen LogP contribution is 2.27. The first-order valence-electron chi connectivity index (χ1n) is 6.47. The Kier molecular flexibility index (Phi) is 5.09. The van der Waals surface area contributed by atoms with Gasteiger partial charge in [0.1, 0.15) is 6.04 Å². The van der Waals surface area contributed by atoms with Crippen molar-refractivity contribution < 1.29 is 15.0 Å². The van der Waals surface area contributed by atoms with Gasteiger partial charge in [0, 0.05) is 6.54 Å². The number of hydrogen-bond donors (Lipinski definition) is 3. The van der Waals surface area contributed by atoms with Crippen LogP contribution in [0.1, 0.15) is 40.8 Å². The zero-order valence-corrected chi connectivity index (χ0v) is 12.2. The molecule has 0 amide bonds. The van der Waals surface area contributed by atoms with Crippen molar-refractivity contribution >= 4 is 5.97 Å². The van der Waals surface area contributed by atoms with E-state index in [1.807, 2.05) is 27.7 Å². The minimum Gasteiger partial charge on any atom is -0.480 e. The molecule has 0 aliphatic rings. The lowest BCUT2D eigenvalue weighted by Gasteiger charge is -2.21. The van der Waals surface area contributed by atoms with Crippen molar-refractivity contribution in [2.24, 2.45) is 0 Å². The van der Waals surface area contributed by atoms with Crippen LogP contribution in [-0.2, 0) is 4.79 Å². The SMILES string of the molecule is Cc1cc(C)c(C)c(C(O)CNC(C)C(=O)O)c1C. The van der Waals surface area contributed by atoms with Crippen molar-refractivity contribution in [3.05, 3.63) is 33.9 Å². The molecule has 0 aliphatic heterocycles. The van der Waals surface area contributed by atoms with Gasteiger partial charge in [-0.1, -0.05) is 6.07 Å². The average Bonchev–Trinajstić information content (AvgIpc) is 2.33. The summed E-state index contributed by atoms with van der Waals surface area (Å²) in [6.07, 6.45) is -0.694. The van der Waals surface area contributed by atoms with E-state index in [0.29, 0.717) is 0 Å². The number of aliphatic hydroxyl groups is 1. The smallest absolute Gasteiger partial charge is 0.320 e. The molecule has 0 radical (unpaired) electrons. The second kappa shape index (κ2) is 6.17. The Morgan fingerprint density at radius 1 is 1.21 bits per heavy atom. The summed E-state index contributed by atoms with van der Waals surface area (Å²) in [7, 11) is 0. The molecule has 4 heteroatoms. The van der Waals surface area contributed by atoms with Crippen LogP contribution in [-0.4, -0.2) is 28.8 Å². The summed E-state index contributed by atoms with van der Waals surface area (Å²) < 4.78 is 0. The predicted octanol–water partition coefficient (Wildman–Crippen LogP) is 2.02. The molecular formula is C15H23NO3. The molecule has 1 aromatic carbocycles. The highest BCUT2D eigenvalue weighted by atomic mass is 16.4. The number of nitrogens with one attached hydrogen (secondary N) is 1. The van der Waals surface area contributed by atoms with Gasteiger partial charge in [-0.25, -0.2) is 0 Å². The minimum absolute atomic E-state index is 0.234. The number of aryl methyl sites for hydroxylation is 2. The molecule has 0 aromatic heterocycles. The van der Waals surface area contributed by atoms with Gasteiger partial charge < -0.3 is 15.5 Å². The topological polar surface area (TPSA) is 69.6 Å². The Labute approximate surface area is 114 Å². The summed E-state index contributed by atoms with van der Waals surface area (Å²) in [5.74, 6) is -0.916. The van der Waals surface area contributed by atoms with E-state index in [0.717, 1.165) is 27.8 Å². The molecule has 0 saturated heterocycles. The van der Waals surface area contributed by atoms with Crippen molar-refractivity contribution in [2.45, 2.75) is 46.8 Å². The molecule has 0 aliphatic carbocycles. The first kappa shape index (κ1) is 15.7. The van der Waals surface area contributed by atoms with Gasteiger partial charge in [-0.2, -0.15) is 0 Å². The van der Waals surface area contributed by atoms with Crippen molar-refractivity contribution in [1.29, 1.82) is 0 Å². The van der Waals surface area contributed by atoms with E-state index in [1.54, 1.807) is 6.92 Å². The Morgan fingerprint density at radius 2 is 1.68 bits per heavy atom. The van der Waals surface area contributed by atoms with E-state index in [1.165, 1.54) is 0 Å². The molecule has 0 fully saturated rings. The fourth-order valence-electron chi connectivity index (χ4n) is 2.22. The number of aliphatic carboxylic acids is 1. The van der Waals surface area contributed by atoms with E-state index in [-0.39, 0.29) is 6.54 Å². The van der Waals surface area contributed by atoms with Crippen LogP contribution < -0.4 is 5.32 Å². The van der Waals surface area contributed by atoms with Gasteiger partial charge in [-0.3, -0.25) is 4.79 Å². The van der Waals surface area contributed by atoms with Crippen molar-refractivity contribution in [3.63, 3.8) is 0 Å². The molecule has 3 N–H and O–H groups in total. The second-order valence-corrected chi connectivity index (χ2v) is 5.16. The van der Waals surface area contributed by atoms with Gasteiger partial charge in [0.25, 0.3) is 0 Å². The van der Waals surface area contributed by atoms with Gasteiger partial charge in [0.15, 0.2) is 0 Å².